The van der Waals surface area contributed by atoms with Crippen molar-refractivity contribution >= 4 is 34.8 Å². The van der Waals surface area contributed by atoms with Crippen LogP contribution in [0.25, 0.3) is 0 Å². The summed E-state index contributed by atoms with van der Waals surface area (Å²) in [5.74, 6) is -1.74. The molecule has 0 aliphatic rings. The Morgan fingerprint density at radius 2 is 1.95 bits per heavy atom. The van der Waals surface area contributed by atoms with Gasteiger partial charge in [-0.2, -0.15) is 5.11 Å². The Labute approximate surface area is 121 Å². The second kappa shape index (κ2) is 5.59. The highest BCUT2D eigenvalue weighted by atomic mass is 35.5. The highest BCUT2D eigenvalue weighted by molar-refractivity contribution is 6.33. The van der Waals surface area contributed by atoms with Gasteiger partial charge in [0.2, 0.25) is 0 Å². The van der Waals surface area contributed by atoms with Gasteiger partial charge in [-0.3, -0.25) is 14.8 Å². The predicted octanol–water partition coefficient (Wildman–Crippen LogP) is 0.0777. The molecule has 1 aromatic heterocycles. The van der Waals surface area contributed by atoms with Crippen LogP contribution in [0.5, 0.6) is 0 Å². The number of carboxylic acid groups (broad SMARTS) is 1. The lowest BCUT2D eigenvalue weighted by Gasteiger charge is -2.05. The van der Waals surface area contributed by atoms with Crippen LogP contribution < -0.4 is 22.1 Å². The fourth-order valence-corrected chi connectivity index (χ4v) is 1.63. The number of rotatable bonds is 3. The summed E-state index contributed by atoms with van der Waals surface area (Å²) in [4.78, 5) is 37.3. The van der Waals surface area contributed by atoms with E-state index in [1.807, 2.05) is 4.98 Å². The number of hydrogen-bond donors (Lipinski definition) is 3. The summed E-state index contributed by atoms with van der Waals surface area (Å²) in [5.41, 5.74) is 3.37. The van der Waals surface area contributed by atoms with Gasteiger partial charge < -0.3 is 15.6 Å². The summed E-state index contributed by atoms with van der Waals surface area (Å²) in [7, 11) is 0. The number of azo groups is 1. The van der Waals surface area contributed by atoms with Crippen LogP contribution in [0, 0.1) is 0 Å². The van der Waals surface area contributed by atoms with Gasteiger partial charge in [0.05, 0.1) is 11.7 Å². The zero-order valence-electron chi connectivity index (χ0n) is 10.2. The lowest BCUT2D eigenvalue weighted by atomic mass is 10.2. The summed E-state index contributed by atoms with van der Waals surface area (Å²) >= 11 is 5.67. The van der Waals surface area contributed by atoms with Gasteiger partial charge in [-0.25, -0.2) is 4.79 Å². The number of carbonyl (C=O) groups excluding carboxylic acids is 1. The third kappa shape index (κ3) is 3.15. The number of nitrogens with one attached hydrogen (secondary N) is 2. The van der Waals surface area contributed by atoms with E-state index in [0.29, 0.717) is 0 Å². The first-order valence-corrected chi connectivity index (χ1v) is 5.81. The number of halogens is 1. The molecule has 0 fully saturated rings. The van der Waals surface area contributed by atoms with Crippen molar-refractivity contribution in [1.29, 1.82) is 0 Å². The van der Waals surface area contributed by atoms with Crippen LogP contribution in [0.3, 0.4) is 0 Å². The van der Waals surface area contributed by atoms with Gasteiger partial charge >= 0.3 is 5.69 Å². The molecule has 0 aliphatic carbocycles. The molecule has 108 valence electrons. The van der Waals surface area contributed by atoms with E-state index in [0.717, 1.165) is 6.07 Å². The Balaban J connectivity index is 2.43. The Kier molecular flexibility index (Phi) is 3.85. The molecule has 0 saturated heterocycles. The minimum absolute atomic E-state index is 0.0182. The van der Waals surface area contributed by atoms with E-state index in [4.69, 9.17) is 17.3 Å². The average Bonchev–Trinajstić information content (AvgIpc) is 2.38. The van der Waals surface area contributed by atoms with Crippen molar-refractivity contribution in [3.63, 3.8) is 0 Å². The molecule has 0 radical (unpaired) electrons. The number of aromatic nitrogens is 2. The Morgan fingerprint density at radius 1 is 1.24 bits per heavy atom. The molecule has 0 amide bonds. The summed E-state index contributed by atoms with van der Waals surface area (Å²) in [6.45, 7) is 0. The minimum Gasteiger partial charge on any atom is -0.545 e. The van der Waals surface area contributed by atoms with Crippen LogP contribution >= 0.6 is 11.6 Å². The van der Waals surface area contributed by atoms with E-state index in [9.17, 15) is 19.5 Å². The lowest BCUT2D eigenvalue weighted by Crippen LogP contribution is -2.23. The summed E-state index contributed by atoms with van der Waals surface area (Å²) in [6.07, 6.45) is 0. The van der Waals surface area contributed by atoms with Crippen molar-refractivity contribution in [1.82, 2.24) is 9.97 Å². The second-order valence-corrected chi connectivity index (χ2v) is 4.23. The SMILES string of the molecule is Nc1[nH]c(=O)[nH]c(=O)c1N=Nc1ccc(Cl)c(C(=O)[O-])c1. The van der Waals surface area contributed by atoms with Crippen LogP contribution in [0.1, 0.15) is 10.4 Å². The number of nitrogens with zero attached hydrogens (tertiary/aromatic N) is 2. The van der Waals surface area contributed by atoms with Gasteiger partial charge in [-0.05, 0) is 18.2 Å². The quantitative estimate of drug-likeness (QED) is 0.684. The molecule has 1 heterocycles. The van der Waals surface area contributed by atoms with Gasteiger partial charge in [-0.15, -0.1) is 5.11 Å². The van der Waals surface area contributed by atoms with Gasteiger partial charge in [0.25, 0.3) is 5.56 Å². The number of H-pyrrole nitrogens is 2. The average molecular weight is 309 g/mol. The Hall–Kier alpha value is -2.94. The minimum atomic E-state index is -1.47. The molecule has 4 N–H and O–H groups in total. The molecule has 21 heavy (non-hydrogen) atoms. The van der Waals surface area contributed by atoms with Crippen LogP contribution in [0.4, 0.5) is 17.2 Å². The zero-order valence-corrected chi connectivity index (χ0v) is 11.0. The van der Waals surface area contributed by atoms with Gasteiger partial charge in [0.1, 0.15) is 5.82 Å². The summed E-state index contributed by atoms with van der Waals surface area (Å²) < 4.78 is 0. The van der Waals surface area contributed by atoms with Gasteiger partial charge in [-0.1, -0.05) is 11.6 Å². The van der Waals surface area contributed by atoms with Crippen LogP contribution in [-0.2, 0) is 0 Å². The van der Waals surface area contributed by atoms with Crippen LogP contribution in [-0.4, -0.2) is 15.9 Å². The third-order valence-corrected chi connectivity index (χ3v) is 2.71. The molecule has 0 spiro atoms. The maximum Gasteiger partial charge on any atom is 0.327 e. The number of hydrogen-bond acceptors (Lipinski definition) is 7. The van der Waals surface area contributed by atoms with E-state index in [-0.39, 0.29) is 27.8 Å². The van der Waals surface area contributed by atoms with E-state index in [1.54, 1.807) is 0 Å². The van der Waals surface area contributed by atoms with Crippen molar-refractivity contribution in [2.45, 2.75) is 0 Å². The molecule has 1 aromatic carbocycles. The monoisotopic (exact) mass is 308 g/mol. The molecule has 0 saturated carbocycles. The molecule has 0 unspecified atom stereocenters. The van der Waals surface area contributed by atoms with Crippen molar-refractivity contribution in [3.05, 3.63) is 49.6 Å². The van der Waals surface area contributed by atoms with E-state index < -0.39 is 17.2 Å². The van der Waals surface area contributed by atoms with Crippen molar-refractivity contribution < 1.29 is 9.90 Å². The standard InChI is InChI=1S/C11H8ClN5O4/c12-6-2-1-4(3-5(6)10(19)20)16-17-7-8(13)14-11(21)15-9(7)18/h1-3H,(H,19,20)(H4,13,14,15,18,21)/p-1. The number of nitrogen functional groups attached to an aromatic ring is 1. The Bertz CT molecular complexity index is 854. The fraction of sp³-hybridized carbons (Fsp3) is 0. The first-order chi connectivity index (χ1) is 9.88. The Morgan fingerprint density at radius 3 is 2.57 bits per heavy atom. The van der Waals surface area contributed by atoms with Gasteiger partial charge in [0, 0.05) is 10.6 Å². The number of aromatic amines is 2. The fourth-order valence-electron chi connectivity index (χ4n) is 1.44. The summed E-state index contributed by atoms with van der Waals surface area (Å²) in [5, 5.41) is 18.0. The number of anilines is 1. The normalized spacial score (nSPS) is 10.9. The number of benzene rings is 1. The molecule has 2 aromatic rings. The second-order valence-electron chi connectivity index (χ2n) is 3.82. The van der Waals surface area contributed by atoms with E-state index in [1.165, 1.54) is 12.1 Å². The maximum absolute atomic E-state index is 11.5. The third-order valence-electron chi connectivity index (χ3n) is 2.38. The molecule has 0 atom stereocenters. The smallest absolute Gasteiger partial charge is 0.327 e. The number of nitrogens with two attached hydrogens (primary N) is 1. The maximum atomic E-state index is 11.5. The number of carboxylic acids is 1. The molecular formula is C11H7ClN5O4-. The first-order valence-electron chi connectivity index (χ1n) is 5.43. The zero-order chi connectivity index (χ0) is 15.6. The largest absolute Gasteiger partial charge is 0.545 e. The van der Waals surface area contributed by atoms with Crippen molar-refractivity contribution in [3.8, 4) is 0 Å². The highest BCUT2D eigenvalue weighted by Gasteiger charge is 2.06. The van der Waals surface area contributed by atoms with E-state index >= 15 is 0 Å². The van der Waals surface area contributed by atoms with Crippen molar-refractivity contribution in [2.75, 3.05) is 5.73 Å². The van der Waals surface area contributed by atoms with Gasteiger partial charge in [0.15, 0.2) is 5.69 Å². The summed E-state index contributed by atoms with van der Waals surface area (Å²) in [6, 6.07) is 3.80. The topological polar surface area (TPSA) is 157 Å². The molecule has 10 heteroatoms. The lowest BCUT2D eigenvalue weighted by molar-refractivity contribution is -0.255. The predicted molar refractivity (Wildman–Crippen MR) is 72.1 cm³/mol. The number of carbonyl (C=O) groups is 1. The molecule has 0 aliphatic heterocycles. The highest BCUT2D eigenvalue weighted by Crippen LogP contribution is 2.23. The van der Waals surface area contributed by atoms with Crippen LogP contribution in [0.2, 0.25) is 5.02 Å². The van der Waals surface area contributed by atoms with E-state index in [2.05, 4.69) is 15.2 Å². The van der Waals surface area contributed by atoms with Crippen molar-refractivity contribution in [2.24, 2.45) is 10.2 Å². The first kappa shape index (κ1) is 14.5. The van der Waals surface area contributed by atoms with Crippen LogP contribution in [0.15, 0.2) is 38.0 Å². The molecule has 2 rings (SSSR count). The molecular weight excluding hydrogens is 302 g/mol. The molecule has 9 nitrogen and oxygen atoms in total. The number of aromatic carboxylic acids is 1. The molecule has 0 bridgehead atoms.